The quantitative estimate of drug-likeness (QED) is 0.684. The minimum atomic E-state index is -0.476. The highest BCUT2D eigenvalue weighted by Crippen LogP contribution is 2.23. The SMILES string of the molecule is O=C(OCc1nc2ccccc2o1)c1cccc(N2CCCC2=O)c1. The molecular weight excluding hydrogens is 320 g/mol. The third-order valence-electron chi connectivity index (χ3n) is 4.13. The van der Waals surface area contributed by atoms with E-state index in [0.29, 0.717) is 30.0 Å². The average Bonchev–Trinajstić information content (AvgIpc) is 3.25. The number of rotatable bonds is 4. The molecule has 1 aromatic heterocycles. The zero-order valence-corrected chi connectivity index (χ0v) is 13.5. The predicted molar refractivity (Wildman–Crippen MR) is 91.2 cm³/mol. The lowest BCUT2D eigenvalue weighted by atomic mass is 10.2. The summed E-state index contributed by atoms with van der Waals surface area (Å²) >= 11 is 0. The summed E-state index contributed by atoms with van der Waals surface area (Å²) in [6.07, 6.45) is 1.39. The summed E-state index contributed by atoms with van der Waals surface area (Å²) in [6.45, 7) is 0.640. The van der Waals surface area contributed by atoms with Gasteiger partial charge in [0.15, 0.2) is 12.2 Å². The number of hydrogen-bond donors (Lipinski definition) is 0. The lowest BCUT2D eigenvalue weighted by molar-refractivity contribution is -0.117. The second kappa shape index (κ2) is 6.39. The molecule has 1 fully saturated rings. The fraction of sp³-hybridized carbons (Fsp3) is 0.211. The summed E-state index contributed by atoms with van der Waals surface area (Å²) in [5.74, 6) is -0.0480. The minimum absolute atomic E-state index is 0.0413. The Kier molecular flexibility index (Phi) is 3.93. The van der Waals surface area contributed by atoms with E-state index in [4.69, 9.17) is 9.15 Å². The summed E-state index contributed by atoms with van der Waals surface area (Å²) in [5, 5.41) is 0. The van der Waals surface area contributed by atoms with Crippen LogP contribution in [0.15, 0.2) is 52.9 Å². The van der Waals surface area contributed by atoms with Gasteiger partial charge in [0.25, 0.3) is 0 Å². The van der Waals surface area contributed by atoms with Gasteiger partial charge in [0.05, 0.1) is 5.56 Å². The molecule has 0 aliphatic carbocycles. The Morgan fingerprint density at radius 2 is 2.08 bits per heavy atom. The van der Waals surface area contributed by atoms with Crippen LogP contribution in [0.3, 0.4) is 0 Å². The fourth-order valence-corrected chi connectivity index (χ4v) is 2.91. The van der Waals surface area contributed by atoms with Gasteiger partial charge in [0.1, 0.15) is 5.52 Å². The Balaban J connectivity index is 1.46. The molecule has 4 rings (SSSR count). The zero-order chi connectivity index (χ0) is 17.2. The average molecular weight is 336 g/mol. The maximum atomic E-state index is 12.3. The zero-order valence-electron chi connectivity index (χ0n) is 13.5. The first-order chi connectivity index (χ1) is 12.2. The predicted octanol–water partition coefficient (Wildman–Crippen LogP) is 3.31. The van der Waals surface area contributed by atoms with Gasteiger partial charge in [-0.05, 0) is 36.8 Å². The van der Waals surface area contributed by atoms with Crippen LogP contribution >= 0.6 is 0 Å². The van der Waals surface area contributed by atoms with Gasteiger partial charge in [-0.15, -0.1) is 0 Å². The summed E-state index contributed by atoms with van der Waals surface area (Å²) in [7, 11) is 0. The number of benzene rings is 2. The van der Waals surface area contributed by atoms with Crippen molar-refractivity contribution in [2.45, 2.75) is 19.4 Å². The molecule has 0 spiro atoms. The molecular formula is C19H16N2O4. The molecule has 0 bridgehead atoms. The molecule has 3 aromatic rings. The van der Waals surface area contributed by atoms with Gasteiger partial charge < -0.3 is 14.1 Å². The lowest BCUT2D eigenvalue weighted by Crippen LogP contribution is -2.23. The molecule has 126 valence electrons. The second-order valence-corrected chi connectivity index (χ2v) is 5.85. The smallest absolute Gasteiger partial charge is 0.338 e. The Hall–Kier alpha value is -3.15. The van der Waals surface area contributed by atoms with Crippen molar-refractivity contribution >= 4 is 28.7 Å². The van der Waals surface area contributed by atoms with Crippen LogP contribution in [-0.2, 0) is 16.1 Å². The second-order valence-electron chi connectivity index (χ2n) is 5.85. The van der Waals surface area contributed by atoms with Crippen LogP contribution in [0.4, 0.5) is 5.69 Å². The Morgan fingerprint density at radius 1 is 1.20 bits per heavy atom. The van der Waals surface area contributed by atoms with Crippen LogP contribution in [0.1, 0.15) is 29.1 Å². The van der Waals surface area contributed by atoms with Crippen molar-refractivity contribution in [2.75, 3.05) is 11.4 Å². The van der Waals surface area contributed by atoms with Crippen LogP contribution in [-0.4, -0.2) is 23.4 Å². The number of anilines is 1. The van der Waals surface area contributed by atoms with E-state index in [0.717, 1.165) is 17.6 Å². The number of esters is 1. The molecule has 2 heterocycles. The highest BCUT2D eigenvalue weighted by Gasteiger charge is 2.22. The molecule has 1 aliphatic rings. The molecule has 6 heteroatoms. The Bertz CT molecular complexity index is 914. The number of ether oxygens (including phenoxy) is 1. The first-order valence-electron chi connectivity index (χ1n) is 8.13. The number of amides is 1. The van der Waals surface area contributed by atoms with Crippen molar-refractivity contribution in [2.24, 2.45) is 0 Å². The Morgan fingerprint density at radius 3 is 2.88 bits per heavy atom. The third-order valence-corrected chi connectivity index (χ3v) is 4.13. The first-order valence-corrected chi connectivity index (χ1v) is 8.13. The highest BCUT2D eigenvalue weighted by atomic mass is 16.5. The molecule has 0 N–H and O–H groups in total. The number of oxazole rings is 1. The molecule has 1 aliphatic heterocycles. The van der Waals surface area contributed by atoms with Crippen molar-refractivity contribution < 1.29 is 18.7 Å². The molecule has 2 aromatic carbocycles. The molecule has 0 atom stereocenters. The molecule has 6 nitrogen and oxygen atoms in total. The van der Waals surface area contributed by atoms with Crippen molar-refractivity contribution in [3.8, 4) is 0 Å². The van der Waals surface area contributed by atoms with E-state index in [1.54, 1.807) is 23.1 Å². The van der Waals surface area contributed by atoms with E-state index in [1.165, 1.54) is 0 Å². The van der Waals surface area contributed by atoms with Gasteiger partial charge in [0.2, 0.25) is 11.8 Å². The van der Waals surface area contributed by atoms with Gasteiger partial charge in [-0.1, -0.05) is 18.2 Å². The number of fused-ring (bicyclic) bond motifs is 1. The van der Waals surface area contributed by atoms with Gasteiger partial charge in [0, 0.05) is 18.7 Å². The molecule has 1 amide bonds. The van der Waals surface area contributed by atoms with Gasteiger partial charge >= 0.3 is 5.97 Å². The van der Waals surface area contributed by atoms with Crippen LogP contribution in [0, 0.1) is 0 Å². The van der Waals surface area contributed by atoms with E-state index in [1.807, 2.05) is 30.3 Å². The third kappa shape index (κ3) is 3.10. The molecule has 0 unspecified atom stereocenters. The van der Waals surface area contributed by atoms with E-state index in [-0.39, 0.29) is 12.5 Å². The van der Waals surface area contributed by atoms with E-state index in [2.05, 4.69) is 4.98 Å². The van der Waals surface area contributed by atoms with E-state index < -0.39 is 5.97 Å². The van der Waals surface area contributed by atoms with Crippen LogP contribution in [0.5, 0.6) is 0 Å². The van der Waals surface area contributed by atoms with Crippen molar-refractivity contribution in [3.05, 3.63) is 60.0 Å². The number of carbonyl (C=O) groups is 2. The molecule has 0 radical (unpaired) electrons. The van der Waals surface area contributed by atoms with Crippen LogP contribution in [0.25, 0.3) is 11.1 Å². The largest absolute Gasteiger partial charge is 0.452 e. The number of aromatic nitrogens is 1. The van der Waals surface area contributed by atoms with Crippen molar-refractivity contribution in [3.63, 3.8) is 0 Å². The monoisotopic (exact) mass is 336 g/mol. The fourth-order valence-electron chi connectivity index (χ4n) is 2.91. The van der Waals surface area contributed by atoms with Gasteiger partial charge in [-0.3, -0.25) is 4.79 Å². The lowest BCUT2D eigenvalue weighted by Gasteiger charge is -2.16. The van der Waals surface area contributed by atoms with Crippen molar-refractivity contribution in [1.29, 1.82) is 0 Å². The summed E-state index contributed by atoms with van der Waals surface area (Å²) < 4.78 is 10.8. The number of hydrogen-bond acceptors (Lipinski definition) is 5. The Labute approximate surface area is 144 Å². The number of para-hydroxylation sites is 2. The molecule has 0 saturated carbocycles. The van der Waals surface area contributed by atoms with Crippen LogP contribution in [0.2, 0.25) is 0 Å². The maximum absolute atomic E-state index is 12.3. The minimum Gasteiger partial charge on any atom is -0.452 e. The van der Waals surface area contributed by atoms with Crippen molar-refractivity contribution in [1.82, 2.24) is 4.98 Å². The molecule has 25 heavy (non-hydrogen) atoms. The van der Waals surface area contributed by atoms with Gasteiger partial charge in [-0.2, -0.15) is 0 Å². The molecule has 1 saturated heterocycles. The maximum Gasteiger partial charge on any atom is 0.338 e. The van der Waals surface area contributed by atoms with E-state index >= 15 is 0 Å². The number of carbonyl (C=O) groups excluding carboxylic acids is 2. The normalized spacial score (nSPS) is 14.2. The summed E-state index contributed by atoms with van der Waals surface area (Å²) in [4.78, 5) is 30.1. The highest BCUT2D eigenvalue weighted by molar-refractivity contribution is 5.97. The summed E-state index contributed by atoms with van der Waals surface area (Å²) in [5.41, 5.74) is 2.50. The standard InChI is InChI=1S/C19H16N2O4/c22-18-9-4-10-21(18)14-6-3-5-13(11-14)19(23)24-12-17-20-15-7-1-2-8-16(15)25-17/h1-3,5-8,11H,4,9-10,12H2. The van der Waals surface area contributed by atoms with E-state index in [9.17, 15) is 9.59 Å². The van der Waals surface area contributed by atoms with Gasteiger partial charge in [-0.25, -0.2) is 9.78 Å². The number of nitrogens with zero attached hydrogens (tertiary/aromatic N) is 2. The first kappa shape index (κ1) is 15.4. The summed E-state index contributed by atoms with van der Waals surface area (Å²) in [6, 6.07) is 14.3. The topological polar surface area (TPSA) is 72.6 Å². The van der Waals surface area contributed by atoms with Crippen LogP contribution < -0.4 is 4.90 Å².